The summed E-state index contributed by atoms with van der Waals surface area (Å²) in [7, 11) is 0. The predicted octanol–water partition coefficient (Wildman–Crippen LogP) is 3.95. The van der Waals surface area contributed by atoms with Crippen molar-refractivity contribution in [2.75, 3.05) is 0 Å². The van der Waals surface area contributed by atoms with Crippen molar-refractivity contribution in [3.05, 3.63) is 40.5 Å². The normalized spacial score (nSPS) is 15.3. The molecule has 3 aromatic rings. The van der Waals surface area contributed by atoms with E-state index in [1.54, 1.807) is 11.3 Å². The summed E-state index contributed by atoms with van der Waals surface area (Å²) in [4.78, 5) is 5.75. The van der Waals surface area contributed by atoms with Crippen molar-refractivity contribution < 1.29 is 0 Å². The van der Waals surface area contributed by atoms with Gasteiger partial charge in [0, 0.05) is 11.5 Å². The fourth-order valence-electron chi connectivity index (χ4n) is 2.35. The lowest BCUT2D eigenvalue weighted by Gasteiger charge is -2.03. The molecular weight excluding hydrogens is 254 g/mol. The molecule has 0 spiro atoms. The van der Waals surface area contributed by atoms with Gasteiger partial charge in [-0.3, -0.25) is 0 Å². The molecule has 3 nitrogen and oxygen atoms in total. The van der Waals surface area contributed by atoms with E-state index in [-0.39, 0.29) is 0 Å². The van der Waals surface area contributed by atoms with Crippen LogP contribution in [0.2, 0.25) is 0 Å². The Labute approximate surface area is 115 Å². The average Bonchev–Trinajstić information content (AvgIpc) is 3.04. The molecular formula is C15H15N3S. The molecule has 1 fully saturated rings. The molecule has 1 aromatic carbocycles. The summed E-state index contributed by atoms with van der Waals surface area (Å²) >= 11 is 1.73. The van der Waals surface area contributed by atoms with Gasteiger partial charge in [-0.15, -0.1) is 0 Å². The van der Waals surface area contributed by atoms with Crippen LogP contribution in [0, 0.1) is 13.8 Å². The molecule has 96 valence electrons. The molecule has 4 heteroatoms. The maximum Gasteiger partial charge on any atom is 0.212 e. The van der Waals surface area contributed by atoms with Crippen LogP contribution in [0.1, 0.15) is 34.9 Å². The van der Waals surface area contributed by atoms with Gasteiger partial charge in [0.05, 0.1) is 11.9 Å². The van der Waals surface area contributed by atoms with Gasteiger partial charge in [-0.2, -0.15) is 5.10 Å². The molecule has 19 heavy (non-hydrogen) atoms. The van der Waals surface area contributed by atoms with Crippen LogP contribution in [-0.2, 0) is 0 Å². The quantitative estimate of drug-likeness (QED) is 0.705. The van der Waals surface area contributed by atoms with Gasteiger partial charge in [0.25, 0.3) is 0 Å². The minimum Gasteiger partial charge on any atom is -0.217 e. The summed E-state index contributed by atoms with van der Waals surface area (Å²) in [6.45, 7) is 4.25. The van der Waals surface area contributed by atoms with Crippen LogP contribution in [0.4, 0.5) is 0 Å². The number of fused-ring (bicyclic) bond motifs is 1. The molecule has 4 rings (SSSR count). The van der Waals surface area contributed by atoms with E-state index in [1.807, 2.05) is 4.52 Å². The summed E-state index contributed by atoms with van der Waals surface area (Å²) in [5.74, 6) is 0.704. The number of aromatic nitrogens is 3. The number of aryl methyl sites for hydroxylation is 2. The van der Waals surface area contributed by atoms with Crippen molar-refractivity contribution in [3.63, 3.8) is 0 Å². The molecule has 0 saturated heterocycles. The zero-order valence-electron chi connectivity index (χ0n) is 11.1. The molecule has 0 amide bonds. The maximum absolute atomic E-state index is 4.73. The second-order valence-corrected chi connectivity index (χ2v) is 6.37. The molecule has 2 aromatic heterocycles. The molecule has 0 N–H and O–H groups in total. The molecule has 1 saturated carbocycles. The first-order valence-electron chi connectivity index (χ1n) is 6.64. The van der Waals surface area contributed by atoms with Crippen molar-refractivity contribution in [2.45, 2.75) is 32.6 Å². The van der Waals surface area contributed by atoms with E-state index < -0.39 is 0 Å². The Morgan fingerprint density at radius 1 is 1.26 bits per heavy atom. The lowest BCUT2D eigenvalue weighted by atomic mass is 10.0. The summed E-state index contributed by atoms with van der Waals surface area (Å²) in [5, 5.41) is 5.89. The topological polar surface area (TPSA) is 30.2 Å². The number of nitrogens with zero attached hydrogens (tertiary/aromatic N) is 3. The zero-order chi connectivity index (χ0) is 13.0. The second-order valence-electron chi connectivity index (χ2n) is 5.39. The van der Waals surface area contributed by atoms with E-state index in [9.17, 15) is 0 Å². The summed E-state index contributed by atoms with van der Waals surface area (Å²) < 4.78 is 1.94. The molecule has 0 aliphatic heterocycles. The van der Waals surface area contributed by atoms with E-state index >= 15 is 0 Å². The maximum atomic E-state index is 4.73. The smallest absolute Gasteiger partial charge is 0.212 e. The molecule has 2 heterocycles. The third-order valence-corrected chi connectivity index (χ3v) is 4.74. The summed E-state index contributed by atoms with van der Waals surface area (Å²) in [6, 6.07) is 6.49. The summed E-state index contributed by atoms with van der Waals surface area (Å²) in [6.07, 6.45) is 4.64. The highest BCUT2D eigenvalue weighted by molar-refractivity contribution is 7.16. The van der Waals surface area contributed by atoms with E-state index in [0.717, 1.165) is 10.7 Å². The van der Waals surface area contributed by atoms with Crippen molar-refractivity contribution in [2.24, 2.45) is 0 Å². The molecule has 0 unspecified atom stereocenters. The van der Waals surface area contributed by atoms with Gasteiger partial charge in [0.15, 0.2) is 0 Å². The standard InChI is InChI=1S/C15H15N3S/c1-9-3-4-10(2)12(7-9)13-8-18-15(16-13)19-14(17-18)11-5-6-11/h3-4,7-8,11H,5-6H2,1-2H3. The van der Waals surface area contributed by atoms with Gasteiger partial charge in [-0.05, 0) is 38.3 Å². The molecule has 0 radical (unpaired) electrons. The first kappa shape index (κ1) is 11.2. The number of hydrogen-bond acceptors (Lipinski definition) is 3. The highest BCUT2D eigenvalue weighted by Gasteiger charge is 2.28. The van der Waals surface area contributed by atoms with E-state index in [1.165, 1.54) is 34.5 Å². The van der Waals surface area contributed by atoms with Gasteiger partial charge in [0.1, 0.15) is 5.01 Å². The lowest BCUT2D eigenvalue weighted by molar-refractivity contribution is 0.905. The highest BCUT2D eigenvalue weighted by Crippen LogP contribution is 2.42. The Bertz CT molecular complexity index is 733. The Morgan fingerprint density at radius 2 is 2.11 bits per heavy atom. The number of hydrogen-bond donors (Lipinski definition) is 0. The largest absolute Gasteiger partial charge is 0.217 e. The van der Waals surface area contributed by atoms with Gasteiger partial charge in [0.2, 0.25) is 4.96 Å². The molecule has 1 aliphatic rings. The fraction of sp³-hybridized carbons (Fsp3) is 0.333. The van der Waals surface area contributed by atoms with Crippen molar-refractivity contribution in [1.29, 1.82) is 0 Å². The Morgan fingerprint density at radius 3 is 2.84 bits per heavy atom. The van der Waals surface area contributed by atoms with Gasteiger partial charge in [-0.25, -0.2) is 9.50 Å². The van der Waals surface area contributed by atoms with Gasteiger partial charge < -0.3 is 0 Å². The van der Waals surface area contributed by atoms with Crippen LogP contribution in [0.15, 0.2) is 24.4 Å². The number of imidazole rings is 1. The second kappa shape index (κ2) is 3.90. The van der Waals surface area contributed by atoms with Crippen molar-refractivity contribution in [3.8, 4) is 11.3 Å². The van der Waals surface area contributed by atoms with Crippen LogP contribution in [0.25, 0.3) is 16.2 Å². The van der Waals surface area contributed by atoms with Crippen molar-refractivity contribution >= 4 is 16.3 Å². The predicted molar refractivity (Wildman–Crippen MR) is 77.7 cm³/mol. The van der Waals surface area contributed by atoms with Crippen molar-refractivity contribution in [1.82, 2.24) is 14.6 Å². The highest BCUT2D eigenvalue weighted by atomic mass is 32.1. The van der Waals surface area contributed by atoms with Gasteiger partial charge >= 0.3 is 0 Å². The zero-order valence-corrected chi connectivity index (χ0v) is 11.9. The lowest BCUT2D eigenvalue weighted by Crippen LogP contribution is -1.86. The average molecular weight is 269 g/mol. The Kier molecular flexibility index (Phi) is 2.30. The number of benzene rings is 1. The first-order chi connectivity index (χ1) is 9.20. The Hall–Kier alpha value is -1.68. The van der Waals surface area contributed by atoms with Crippen LogP contribution in [0.3, 0.4) is 0 Å². The number of rotatable bonds is 2. The molecule has 1 aliphatic carbocycles. The fourth-order valence-corrected chi connectivity index (χ4v) is 3.40. The van der Waals surface area contributed by atoms with Crippen LogP contribution < -0.4 is 0 Å². The molecule has 0 atom stereocenters. The van der Waals surface area contributed by atoms with E-state index in [2.05, 4.69) is 43.3 Å². The molecule has 0 bridgehead atoms. The summed E-state index contributed by atoms with van der Waals surface area (Å²) in [5.41, 5.74) is 4.77. The van der Waals surface area contributed by atoms with Crippen LogP contribution in [0.5, 0.6) is 0 Å². The van der Waals surface area contributed by atoms with E-state index in [4.69, 9.17) is 4.98 Å². The SMILES string of the molecule is Cc1ccc(C)c(-c2cn3nc(C4CC4)sc3n2)c1. The van der Waals surface area contributed by atoms with Crippen LogP contribution >= 0.6 is 11.3 Å². The first-order valence-corrected chi connectivity index (χ1v) is 7.46. The third kappa shape index (κ3) is 1.87. The minimum atomic E-state index is 0.704. The van der Waals surface area contributed by atoms with E-state index in [0.29, 0.717) is 5.92 Å². The monoisotopic (exact) mass is 269 g/mol. The Balaban J connectivity index is 1.82. The minimum absolute atomic E-state index is 0.704. The van der Waals surface area contributed by atoms with Gasteiger partial charge in [-0.1, -0.05) is 29.0 Å². The third-order valence-electron chi connectivity index (χ3n) is 3.65. The van der Waals surface area contributed by atoms with Crippen LogP contribution in [-0.4, -0.2) is 14.6 Å².